The molecular weight excluding hydrogens is 491 g/mol. The second kappa shape index (κ2) is 11.9. The van der Waals surface area contributed by atoms with Gasteiger partial charge in [-0.15, -0.1) is 0 Å². The van der Waals surface area contributed by atoms with E-state index in [0.717, 1.165) is 33.4 Å². The molecule has 1 heterocycles. The molecule has 1 amide bonds. The number of anilines is 1. The number of hydrogen-bond donors (Lipinski definition) is 2. The molecule has 0 radical (unpaired) electrons. The molecule has 3 N–H and O–H groups in total. The Hall–Kier alpha value is -3.83. The maximum absolute atomic E-state index is 12.7. The van der Waals surface area contributed by atoms with E-state index >= 15 is 0 Å². The number of carboxylic acids is 1. The van der Waals surface area contributed by atoms with E-state index in [1.54, 1.807) is 6.92 Å². The Kier molecular flexibility index (Phi) is 9.08. The Bertz CT molecular complexity index is 1460. The van der Waals surface area contributed by atoms with Crippen LogP contribution >= 0.6 is 0 Å². The van der Waals surface area contributed by atoms with Crippen LogP contribution in [0.25, 0.3) is 22.5 Å². The van der Waals surface area contributed by atoms with E-state index in [4.69, 9.17) is 9.26 Å². The summed E-state index contributed by atoms with van der Waals surface area (Å²) in [5.74, 6) is -0.318. The Morgan fingerprint density at radius 1 is 0.949 bits per heavy atom. The molecule has 1 atom stereocenters. The number of aromatic nitrogens is 1. The van der Waals surface area contributed by atoms with E-state index in [0.29, 0.717) is 30.0 Å². The van der Waals surface area contributed by atoms with Crippen LogP contribution in [0.1, 0.15) is 48.3 Å². The molecular formula is C30H29LiN2O6. The predicted molar refractivity (Wildman–Crippen MR) is 142 cm³/mol. The molecule has 196 valence electrons. The molecule has 0 bridgehead atoms. The van der Waals surface area contributed by atoms with E-state index < -0.39 is 23.6 Å². The first-order valence-electron chi connectivity index (χ1n) is 12.2. The molecule has 0 saturated heterocycles. The summed E-state index contributed by atoms with van der Waals surface area (Å²) in [7, 11) is 0. The van der Waals surface area contributed by atoms with Crippen LogP contribution in [0.4, 0.5) is 10.5 Å². The summed E-state index contributed by atoms with van der Waals surface area (Å²) in [5.41, 5.74) is 5.85. The Morgan fingerprint density at radius 3 is 2.08 bits per heavy atom. The maximum atomic E-state index is 12.7. The number of amides is 1. The number of nitrogens with zero attached hydrogens (tertiary/aromatic N) is 1. The molecule has 39 heavy (non-hydrogen) atoms. The van der Waals surface area contributed by atoms with Gasteiger partial charge >= 0.3 is 30.9 Å². The van der Waals surface area contributed by atoms with Crippen LogP contribution in [-0.4, -0.2) is 27.8 Å². The van der Waals surface area contributed by atoms with Crippen molar-refractivity contribution in [2.75, 3.05) is 5.32 Å². The Labute approximate surface area is 238 Å². The van der Waals surface area contributed by atoms with Crippen molar-refractivity contribution >= 4 is 17.7 Å². The first-order chi connectivity index (χ1) is 17.8. The summed E-state index contributed by atoms with van der Waals surface area (Å²) >= 11 is 0. The summed E-state index contributed by atoms with van der Waals surface area (Å²) < 4.78 is 11.2. The summed E-state index contributed by atoms with van der Waals surface area (Å²) in [6.45, 7) is 5.57. The largest absolute Gasteiger partial charge is 1.00 e. The number of nitrogens with one attached hydrogen (secondary N) is 1. The van der Waals surface area contributed by atoms with Crippen molar-refractivity contribution in [1.29, 1.82) is 0 Å². The number of hydrogen-bond acceptors (Lipinski definition) is 6. The topological polar surface area (TPSA) is 132 Å². The molecule has 8 nitrogen and oxygen atoms in total. The number of carbonyl (C=O) groups excluding carboxylic acids is 1. The molecule has 0 spiro atoms. The number of aryl methyl sites for hydroxylation is 2. The SMILES string of the molecule is Cc1ccccc1[C@@H](C)OC(=O)Nc1c(C)noc1-c1ccc(-c2ccc(C3(C(=O)O)CC3)cc2)cc1.[Li+].[OH-]. The molecule has 1 fully saturated rings. The van der Waals surface area contributed by atoms with Gasteiger partial charge in [-0.25, -0.2) is 4.79 Å². The number of rotatable bonds is 7. The van der Waals surface area contributed by atoms with Crippen molar-refractivity contribution in [1.82, 2.24) is 5.16 Å². The van der Waals surface area contributed by atoms with E-state index in [1.165, 1.54) is 0 Å². The average Bonchev–Trinajstić information content (AvgIpc) is 3.64. The van der Waals surface area contributed by atoms with E-state index in [1.807, 2.05) is 86.6 Å². The van der Waals surface area contributed by atoms with Crippen LogP contribution in [-0.2, 0) is 14.9 Å². The molecule has 3 aromatic carbocycles. The molecule has 0 aliphatic heterocycles. The van der Waals surface area contributed by atoms with Crippen molar-refractivity contribution in [3.63, 3.8) is 0 Å². The van der Waals surface area contributed by atoms with Gasteiger partial charge in [0.1, 0.15) is 17.5 Å². The van der Waals surface area contributed by atoms with Crippen LogP contribution in [0.3, 0.4) is 0 Å². The number of ether oxygens (including phenoxy) is 1. The van der Waals surface area contributed by atoms with Crippen LogP contribution in [0.15, 0.2) is 77.3 Å². The zero-order valence-electron chi connectivity index (χ0n) is 22.4. The zero-order valence-corrected chi connectivity index (χ0v) is 22.4. The monoisotopic (exact) mass is 520 g/mol. The van der Waals surface area contributed by atoms with E-state index in [-0.39, 0.29) is 24.3 Å². The number of carbonyl (C=O) groups is 2. The van der Waals surface area contributed by atoms with Crippen LogP contribution in [0, 0.1) is 13.8 Å². The number of aliphatic carboxylic acids is 1. The molecule has 1 saturated carbocycles. The minimum atomic E-state index is -0.759. The van der Waals surface area contributed by atoms with Crippen molar-refractivity contribution in [3.05, 3.63) is 95.2 Å². The fourth-order valence-corrected chi connectivity index (χ4v) is 4.66. The molecule has 5 rings (SSSR count). The van der Waals surface area contributed by atoms with Gasteiger partial charge < -0.3 is 19.8 Å². The minimum Gasteiger partial charge on any atom is -0.870 e. The van der Waals surface area contributed by atoms with Crippen molar-refractivity contribution in [2.24, 2.45) is 0 Å². The molecule has 9 heteroatoms. The van der Waals surface area contributed by atoms with Gasteiger partial charge in [0.2, 0.25) is 0 Å². The first kappa shape index (κ1) is 29.7. The van der Waals surface area contributed by atoms with Crippen molar-refractivity contribution in [3.8, 4) is 22.5 Å². The normalized spacial score (nSPS) is 13.8. The molecule has 1 aliphatic rings. The fourth-order valence-electron chi connectivity index (χ4n) is 4.66. The van der Waals surface area contributed by atoms with E-state index in [2.05, 4.69) is 10.5 Å². The third-order valence-corrected chi connectivity index (χ3v) is 7.08. The summed E-state index contributed by atoms with van der Waals surface area (Å²) in [4.78, 5) is 24.3. The second-order valence-corrected chi connectivity index (χ2v) is 9.54. The average molecular weight is 521 g/mol. The van der Waals surface area contributed by atoms with Gasteiger partial charge in [0.15, 0.2) is 5.76 Å². The summed E-state index contributed by atoms with van der Waals surface area (Å²) in [6.07, 6.45) is 0.360. The van der Waals surface area contributed by atoms with Crippen LogP contribution in [0.2, 0.25) is 0 Å². The molecule has 1 aromatic heterocycles. The predicted octanol–water partition coefficient (Wildman–Crippen LogP) is 3.88. The van der Waals surface area contributed by atoms with Gasteiger partial charge in [0.05, 0.1) is 5.41 Å². The Balaban J connectivity index is 0.00000210. The number of benzene rings is 3. The zero-order chi connectivity index (χ0) is 26.2. The first-order valence-corrected chi connectivity index (χ1v) is 12.2. The third-order valence-electron chi connectivity index (χ3n) is 7.08. The van der Waals surface area contributed by atoms with Crippen LogP contribution in [0.5, 0.6) is 0 Å². The van der Waals surface area contributed by atoms with Gasteiger partial charge in [-0.2, -0.15) is 0 Å². The van der Waals surface area contributed by atoms with Crippen molar-refractivity contribution in [2.45, 2.75) is 45.1 Å². The maximum Gasteiger partial charge on any atom is 1.00 e. The fraction of sp³-hybridized carbons (Fsp3) is 0.233. The van der Waals surface area contributed by atoms with Crippen LogP contribution < -0.4 is 24.2 Å². The molecule has 4 aromatic rings. The van der Waals surface area contributed by atoms with E-state index in [9.17, 15) is 14.7 Å². The standard InChI is InChI=1S/C30H28N2O5.Li.H2O/c1-18-6-4-5-7-25(18)20(3)36-29(35)31-26-19(2)32-37-27(26)23-10-8-21(9-11-23)22-12-14-24(15-13-22)30(16-17-30)28(33)34;;/h4-15,20H,16-17H2,1-3H3,(H,31,35)(H,33,34);;1H2/q;+1;/p-1/t20-;;/m1../s1. The second-order valence-electron chi connectivity index (χ2n) is 9.54. The summed E-state index contributed by atoms with van der Waals surface area (Å²) in [6, 6.07) is 23.2. The number of carboxylic acid groups (broad SMARTS) is 1. The van der Waals surface area contributed by atoms with Gasteiger partial charge in [-0.05, 0) is 61.4 Å². The van der Waals surface area contributed by atoms with Gasteiger partial charge in [-0.1, -0.05) is 78.0 Å². The molecule has 1 aliphatic carbocycles. The summed E-state index contributed by atoms with van der Waals surface area (Å²) in [5, 5.41) is 16.4. The van der Waals surface area contributed by atoms with Gasteiger partial charge in [0, 0.05) is 5.56 Å². The Morgan fingerprint density at radius 2 is 1.51 bits per heavy atom. The smallest absolute Gasteiger partial charge is 0.870 e. The van der Waals surface area contributed by atoms with Gasteiger partial charge in [-0.3, -0.25) is 10.1 Å². The van der Waals surface area contributed by atoms with Crippen molar-refractivity contribution < 1.29 is 48.3 Å². The minimum absolute atomic E-state index is 0. The third kappa shape index (κ3) is 5.94. The molecule has 0 unspecified atom stereocenters. The van der Waals surface area contributed by atoms with Gasteiger partial charge in [0.25, 0.3) is 0 Å². The quantitative estimate of drug-likeness (QED) is 0.354.